The van der Waals surface area contributed by atoms with Gasteiger partial charge in [-0.05, 0) is 25.1 Å². The first-order chi connectivity index (χ1) is 9.39. The zero-order valence-electron chi connectivity index (χ0n) is 10.7. The Hall–Kier alpha value is -2.01. The minimum Gasteiger partial charge on any atom is -0.456 e. The molecule has 0 aliphatic rings. The Kier molecular flexibility index (Phi) is 3.99. The molecular formula is C15H13F3O2. The Bertz CT molecular complexity index is 592. The van der Waals surface area contributed by atoms with Crippen LogP contribution in [-0.2, 0) is 6.18 Å². The zero-order chi connectivity index (χ0) is 14.8. The first-order valence-electron chi connectivity index (χ1n) is 6.00. The van der Waals surface area contributed by atoms with Crippen molar-refractivity contribution >= 4 is 0 Å². The van der Waals surface area contributed by atoms with Crippen LogP contribution in [0.1, 0.15) is 24.2 Å². The quantitative estimate of drug-likeness (QED) is 0.894. The maximum absolute atomic E-state index is 12.9. The summed E-state index contributed by atoms with van der Waals surface area (Å²) in [5.41, 5.74) is -0.412. The average molecular weight is 282 g/mol. The number of alkyl halides is 3. The smallest absolute Gasteiger partial charge is 0.419 e. The molecule has 0 bridgehead atoms. The summed E-state index contributed by atoms with van der Waals surface area (Å²) >= 11 is 0. The predicted octanol–water partition coefficient (Wildman–Crippen LogP) is 4.55. The number of aliphatic hydroxyl groups excluding tert-OH is 1. The molecular weight excluding hydrogens is 269 g/mol. The second kappa shape index (κ2) is 5.54. The van der Waals surface area contributed by atoms with E-state index in [9.17, 15) is 18.3 Å². The third kappa shape index (κ3) is 3.11. The summed E-state index contributed by atoms with van der Waals surface area (Å²) in [4.78, 5) is 0. The van der Waals surface area contributed by atoms with Gasteiger partial charge in [0.1, 0.15) is 11.5 Å². The molecule has 5 heteroatoms. The first-order valence-corrected chi connectivity index (χ1v) is 6.00. The van der Waals surface area contributed by atoms with Crippen molar-refractivity contribution in [1.82, 2.24) is 0 Å². The molecule has 1 unspecified atom stereocenters. The van der Waals surface area contributed by atoms with E-state index >= 15 is 0 Å². The molecule has 0 spiro atoms. The molecule has 0 fully saturated rings. The van der Waals surface area contributed by atoms with Crippen molar-refractivity contribution in [3.05, 3.63) is 59.7 Å². The second-order valence-corrected chi connectivity index (χ2v) is 4.31. The van der Waals surface area contributed by atoms with E-state index in [1.165, 1.54) is 31.2 Å². The van der Waals surface area contributed by atoms with Crippen LogP contribution in [0.15, 0.2) is 48.5 Å². The molecule has 2 nitrogen and oxygen atoms in total. The van der Waals surface area contributed by atoms with Crippen LogP contribution in [0, 0.1) is 0 Å². The number of ether oxygens (including phenoxy) is 1. The highest BCUT2D eigenvalue weighted by Crippen LogP contribution is 2.39. The summed E-state index contributed by atoms with van der Waals surface area (Å²) in [5, 5.41) is 9.61. The summed E-state index contributed by atoms with van der Waals surface area (Å²) in [7, 11) is 0. The Morgan fingerprint density at radius 3 is 2.10 bits per heavy atom. The highest BCUT2D eigenvalue weighted by atomic mass is 19.4. The maximum Gasteiger partial charge on any atom is 0.419 e. The van der Waals surface area contributed by atoms with Crippen LogP contribution in [0.5, 0.6) is 11.5 Å². The highest BCUT2D eigenvalue weighted by molar-refractivity contribution is 5.43. The van der Waals surface area contributed by atoms with Gasteiger partial charge in [-0.25, -0.2) is 0 Å². The minimum absolute atomic E-state index is 0.208. The first kappa shape index (κ1) is 14.4. The van der Waals surface area contributed by atoms with Gasteiger partial charge < -0.3 is 9.84 Å². The van der Waals surface area contributed by atoms with Gasteiger partial charge in [-0.3, -0.25) is 0 Å². The molecule has 0 aliphatic heterocycles. The van der Waals surface area contributed by atoms with Crippen molar-refractivity contribution < 1.29 is 23.0 Å². The van der Waals surface area contributed by atoms with Crippen LogP contribution in [0.3, 0.4) is 0 Å². The monoisotopic (exact) mass is 282 g/mol. The third-order valence-electron chi connectivity index (χ3n) is 2.78. The molecule has 0 aliphatic carbocycles. The van der Waals surface area contributed by atoms with Gasteiger partial charge in [0.2, 0.25) is 0 Å². The van der Waals surface area contributed by atoms with Crippen LogP contribution in [0.4, 0.5) is 13.2 Å². The van der Waals surface area contributed by atoms with Crippen LogP contribution in [0.2, 0.25) is 0 Å². The number of rotatable bonds is 3. The van der Waals surface area contributed by atoms with E-state index in [0.29, 0.717) is 5.56 Å². The fraction of sp³-hybridized carbons (Fsp3) is 0.200. The molecule has 2 rings (SSSR count). The minimum atomic E-state index is -4.49. The van der Waals surface area contributed by atoms with Gasteiger partial charge in [-0.15, -0.1) is 0 Å². The van der Waals surface area contributed by atoms with Gasteiger partial charge >= 0.3 is 6.18 Å². The van der Waals surface area contributed by atoms with Gasteiger partial charge in [0, 0.05) is 5.56 Å². The predicted molar refractivity (Wildman–Crippen MR) is 68.6 cm³/mol. The van der Waals surface area contributed by atoms with Gasteiger partial charge in [0.05, 0.1) is 11.7 Å². The van der Waals surface area contributed by atoms with E-state index in [1.807, 2.05) is 0 Å². The molecule has 2 aromatic rings. The fourth-order valence-corrected chi connectivity index (χ4v) is 1.83. The van der Waals surface area contributed by atoms with Crippen LogP contribution < -0.4 is 4.74 Å². The lowest BCUT2D eigenvalue weighted by Gasteiger charge is -2.16. The molecule has 0 heterocycles. The Morgan fingerprint density at radius 2 is 1.50 bits per heavy atom. The Balaban J connectivity index is 2.41. The number of halogens is 3. The van der Waals surface area contributed by atoms with Gasteiger partial charge in [0.25, 0.3) is 0 Å². The topological polar surface area (TPSA) is 29.5 Å². The Labute approximate surface area is 114 Å². The highest BCUT2D eigenvalue weighted by Gasteiger charge is 2.34. The molecule has 106 valence electrons. The maximum atomic E-state index is 12.9. The van der Waals surface area contributed by atoms with E-state index in [4.69, 9.17) is 4.74 Å². The SMILES string of the molecule is CC(O)c1ccccc1Oc1ccccc1C(F)(F)F. The number of para-hydroxylation sites is 2. The van der Waals surface area contributed by atoms with Crippen LogP contribution in [-0.4, -0.2) is 5.11 Å². The summed E-state index contributed by atoms with van der Waals surface area (Å²) in [6.45, 7) is 1.53. The molecule has 0 aromatic heterocycles. The lowest BCUT2D eigenvalue weighted by atomic mass is 10.1. The standard InChI is InChI=1S/C15H13F3O2/c1-10(19)11-6-2-4-8-13(11)20-14-9-5-3-7-12(14)15(16,17)18/h2-10,19H,1H3. The van der Waals surface area contributed by atoms with Crippen molar-refractivity contribution in [2.24, 2.45) is 0 Å². The van der Waals surface area contributed by atoms with Crippen LogP contribution in [0.25, 0.3) is 0 Å². The lowest BCUT2D eigenvalue weighted by Crippen LogP contribution is -2.07. The largest absolute Gasteiger partial charge is 0.456 e. The van der Waals surface area contributed by atoms with E-state index in [-0.39, 0.29) is 11.5 Å². The molecule has 0 amide bonds. The normalized spacial score (nSPS) is 13.1. The fourth-order valence-electron chi connectivity index (χ4n) is 1.83. The average Bonchev–Trinajstić information content (AvgIpc) is 2.38. The Morgan fingerprint density at radius 1 is 0.950 bits per heavy atom. The van der Waals surface area contributed by atoms with Gasteiger partial charge in [0.15, 0.2) is 0 Å². The lowest BCUT2D eigenvalue weighted by molar-refractivity contribution is -0.138. The molecule has 20 heavy (non-hydrogen) atoms. The number of benzene rings is 2. The van der Waals surface area contributed by atoms with Crippen molar-refractivity contribution in [3.8, 4) is 11.5 Å². The summed E-state index contributed by atoms with van der Waals surface area (Å²) in [6, 6.07) is 11.4. The molecule has 1 atom stereocenters. The molecule has 0 saturated heterocycles. The van der Waals surface area contributed by atoms with Gasteiger partial charge in [-0.2, -0.15) is 13.2 Å². The van der Waals surface area contributed by atoms with E-state index in [2.05, 4.69) is 0 Å². The second-order valence-electron chi connectivity index (χ2n) is 4.31. The van der Waals surface area contributed by atoms with Crippen molar-refractivity contribution in [3.63, 3.8) is 0 Å². The molecule has 1 N–H and O–H groups in total. The van der Waals surface area contributed by atoms with Crippen LogP contribution >= 0.6 is 0 Å². The summed E-state index contributed by atoms with van der Waals surface area (Å²) in [5.74, 6) is -0.0766. The number of aliphatic hydroxyl groups is 1. The third-order valence-corrected chi connectivity index (χ3v) is 2.78. The van der Waals surface area contributed by atoms with Crippen molar-refractivity contribution in [1.29, 1.82) is 0 Å². The van der Waals surface area contributed by atoms with E-state index in [1.54, 1.807) is 18.2 Å². The number of hydrogen-bond acceptors (Lipinski definition) is 2. The van der Waals surface area contributed by atoms with Crippen molar-refractivity contribution in [2.45, 2.75) is 19.2 Å². The molecule has 2 aromatic carbocycles. The van der Waals surface area contributed by atoms with Crippen molar-refractivity contribution in [2.75, 3.05) is 0 Å². The van der Waals surface area contributed by atoms with E-state index < -0.39 is 17.8 Å². The zero-order valence-corrected chi connectivity index (χ0v) is 10.7. The molecule has 0 radical (unpaired) electrons. The number of hydrogen-bond donors (Lipinski definition) is 1. The summed E-state index contributed by atoms with van der Waals surface area (Å²) in [6.07, 6.45) is -5.32. The summed E-state index contributed by atoms with van der Waals surface area (Å²) < 4.78 is 44.0. The molecule has 0 saturated carbocycles. The van der Waals surface area contributed by atoms with E-state index in [0.717, 1.165) is 6.07 Å². The van der Waals surface area contributed by atoms with Gasteiger partial charge in [-0.1, -0.05) is 30.3 Å².